The number of ether oxygens (including phenoxy) is 1. The molecule has 1 aromatic heterocycles. The number of nitrogens with zero attached hydrogens (tertiary/aromatic N) is 2. The Hall–Kier alpha value is -1.33. The van der Waals surface area contributed by atoms with Crippen molar-refractivity contribution >= 4 is 5.91 Å². The Balaban J connectivity index is 1.46. The highest BCUT2D eigenvalue weighted by Gasteiger charge is 2.52. The normalized spacial score (nSPS) is 29.6. The van der Waals surface area contributed by atoms with E-state index in [0.717, 1.165) is 37.7 Å². The highest BCUT2D eigenvalue weighted by atomic mass is 16.5. The van der Waals surface area contributed by atoms with Gasteiger partial charge in [0.05, 0.1) is 12.7 Å². The summed E-state index contributed by atoms with van der Waals surface area (Å²) in [7, 11) is 2.13. The number of aromatic nitrogens is 1. The third-order valence-electron chi connectivity index (χ3n) is 6.08. The van der Waals surface area contributed by atoms with Gasteiger partial charge in [0.2, 0.25) is 5.91 Å². The van der Waals surface area contributed by atoms with Gasteiger partial charge in [0.15, 0.2) is 0 Å². The highest BCUT2D eigenvalue weighted by Crippen LogP contribution is 2.55. The zero-order valence-corrected chi connectivity index (χ0v) is 15.8. The van der Waals surface area contributed by atoms with Crippen molar-refractivity contribution < 1.29 is 9.53 Å². The van der Waals surface area contributed by atoms with E-state index in [1.165, 1.54) is 24.1 Å². The van der Waals surface area contributed by atoms with E-state index in [0.29, 0.717) is 24.9 Å². The molecule has 25 heavy (non-hydrogen) atoms. The van der Waals surface area contributed by atoms with Gasteiger partial charge >= 0.3 is 0 Å². The highest BCUT2D eigenvalue weighted by molar-refractivity contribution is 5.82. The lowest BCUT2D eigenvalue weighted by atomic mass is 10.1. The Labute approximate surface area is 150 Å². The van der Waals surface area contributed by atoms with Crippen LogP contribution in [0.5, 0.6) is 0 Å². The summed E-state index contributed by atoms with van der Waals surface area (Å²) in [6.45, 7) is 8.23. The average Bonchev–Trinajstić information content (AvgIpc) is 3.44. The van der Waals surface area contributed by atoms with Crippen LogP contribution in [-0.4, -0.2) is 60.1 Å². The third kappa shape index (κ3) is 3.93. The van der Waals surface area contributed by atoms with Gasteiger partial charge in [-0.3, -0.25) is 4.79 Å². The first kappa shape index (κ1) is 17.1. The van der Waals surface area contributed by atoms with E-state index in [9.17, 15) is 4.79 Å². The summed E-state index contributed by atoms with van der Waals surface area (Å²) < 4.78 is 5.95. The maximum absolute atomic E-state index is 13.2. The van der Waals surface area contributed by atoms with Crippen LogP contribution in [0.4, 0.5) is 0 Å². The monoisotopic (exact) mass is 345 g/mol. The minimum Gasteiger partial charge on any atom is -0.374 e. The fraction of sp³-hybridized carbons (Fsp3) is 0.750. The van der Waals surface area contributed by atoms with E-state index >= 15 is 0 Å². The number of nitrogens with one attached hydrogen (secondary N) is 1. The van der Waals surface area contributed by atoms with Crippen molar-refractivity contribution in [1.82, 2.24) is 14.8 Å². The molecule has 3 aliphatic rings. The Morgan fingerprint density at radius 3 is 2.84 bits per heavy atom. The largest absolute Gasteiger partial charge is 0.374 e. The van der Waals surface area contributed by atoms with Crippen molar-refractivity contribution in [3.63, 3.8) is 0 Å². The summed E-state index contributed by atoms with van der Waals surface area (Å²) in [6.07, 6.45) is 3.90. The molecule has 4 rings (SSSR count). The van der Waals surface area contributed by atoms with Gasteiger partial charge in [-0.25, -0.2) is 0 Å². The van der Waals surface area contributed by atoms with Crippen LogP contribution < -0.4 is 0 Å². The molecule has 138 valence electrons. The average molecular weight is 345 g/mol. The van der Waals surface area contributed by atoms with Crippen LogP contribution in [0.2, 0.25) is 0 Å². The topological polar surface area (TPSA) is 48.6 Å². The SMILES string of the molecule is Cc1cc(CN(C[C@@H]2CN(C)CCO2)C(=O)[C@@H]2C[C@@H]2C2CC2)c(C)[nH]1. The maximum Gasteiger partial charge on any atom is 0.226 e. The molecule has 0 unspecified atom stereocenters. The second-order valence-corrected chi connectivity index (χ2v) is 8.42. The molecule has 5 heteroatoms. The van der Waals surface area contributed by atoms with Gasteiger partial charge in [0.25, 0.3) is 0 Å². The summed E-state index contributed by atoms with van der Waals surface area (Å²) >= 11 is 0. The fourth-order valence-electron chi connectivity index (χ4n) is 4.39. The number of aromatic amines is 1. The third-order valence-corrected chi connectivity index (χ3v) is 6.08. The summed E-state index contributed by atoms with van der Waals surface area (Å²) in [5.41, 5.74) is 3.57. The molecule has 2 aliphatic carbocycles. The van der Waals surface area contributed by atoms with Crippen molar-refractivity contribution in [2.75, 3.05) is 33.3 Å². The van der Waals surface area contributed by atoms with Crippen LogP contribution in [0.3, 0.4) is 0 Å². The number of likely N-dealkylation sites (N-methyl/N-ethyl adjacent to an activating group) is 1. The molecule has 2 heterocycles. The lowest BCUT2D eigenvalue weighted by Crippen LogP contribution is -2.47. The summed E-state index contributed by atoms with van der Waals surface area (Å²) in [4.78, 5) is 20.9. The molecule has 0 aromatic carbocycles. The first-order valence-electron chi connectivity index (χ1n) is 9.75. The van der Waals surface area contributed by atoms with E-state index in [-0.39, 0.29) is 12.0 Å². The molecule has 1 saturated heterocycles. The van der Waals surface area contributed by atoms with Crippen molar-refractivity contribution in [1.29, 1.82) is 0 Å². The molecule has 0 spiro atoms. The summed E-state index contributed by atoms with van der Waals surface area (Å²) in [5, 5.41) is 0. The molecule has 2 saturated carbocycles. The molecule has 0 bridgehead atoms. The van der Waals surface area contributed by atoms with Crippen LogP contribution >= 0.6 is 0 Å². The zero-order chi connectivity index (χ0) is 17.6. The predicted octanol–water partition coefficient (Wildman–Crippen LogP) is 2.34. The van der Waals surface area contributed by atoms with E-state index in [1.54, 1.807) is 0 Å². The smallest absolute Gasteiger partial charge is 0.226 e. The fourth-order valence-corrected chi connectivity index (χ4v) is 4.39. The van der Waals surface area contributed by atoms with Gasteiger partial charge in [-0.1, -0.05) is 0 Å². The van der Waals surface area contributed by atoms with Gasteiger partial charge < -0.3 is 19.5 Å². The van der Waals surface area contributed by atoms with Gasteiger partial charge in [-0.05, 0) is 63.6 Å². The lowest BCUT2D eigenvalue weighted by Gasteiger charge is -2.34. The maximum atomic E-state index is 13.2. The number of rotatable bonds is 6. The molecule has 1 amide bonds. The van der Waals surface area contributed by atoms with E-state index in [1.807, 2.05) is 0 Å². The Bertz CT molecular complexity index is 637. The quantitative estimate of drug-likeness (QED) is 0.861. The number of morpholine rings is 1. The van der Waals surface area contributed by atoms with Crippen molar-refractivity contribution in [2.24, 2.45) is 17.8 Å². The Morgan fingerprint density at radius 2 is 2.20 bits per heavy atom. The summed E-state index contributed by atoms with van der Waals surface area (Å²) in [5.74, 6) is 2.13. The molecule has 3 atom stereocenters. The number of carbonyl (C=O) groups is 1. The summed E-state index contributed by atoms with van der Waals surface area (Å²) in [6, 6.07) is 2.18. The molecule has 1 aromatic rings. The minimum atomic E-state index is 0.126. The van der Waals surface area contributed by atoms with Crippen molar-refractivity contribution in [3.8, 4) is 0 Å². The van der Waals surface area contributed by atoms with Crippen LogP contribution in [0.1, 0.15) is 36.2 Å². The van der Waals surface area contributed by atoms with Crippen LogP contribution in [0.25, 0.3) is 0 Å². The Kier molecular flexibility index (Phi) is 4.63. The van der Waals surface area contributed by atoms with Gasteiger partial charge in [0, 0.05) is 43.5 Å². The molecule has 3 fully saturated rings. The van der Waals surface area contributed by atoms with Crippen molar-refractivity contribution in [2.45, 2.75) is 45.8 Å². The number of amides is 1. The van der Waals surface area contributed by atoms with E-state index in [2.05, 4.69) is 41.7 Å². The lowest BCUT2D eigenvalue weighted by molar-refractivity contribution is -0.137. The van der Waals surface area contributed by atoms with Crippen molar-refractivity contribution in [3.05, 3.63) is 23.0 Å². The number of carbonyl (C=O) groups excluding carboxylic acids is 1. The molecule has 1 N–H and O–H groups in total. The molecule has 5 nitrogen and oxygen atoms in total. The molecule has 0 radical (unpaired) electrons. The number of aryl methyl sites for hydroxylation is 2. The second-order valence-electron chi connectivity index (χ2n) is 8.42. The first-order chi connectivity index (χ1) is 12.0. The minimum absolute atomic E-state index is 0.126. The second kappa shape index (κ2) is 6.76. The molecule has 1 aliphatic heterocycles. The number of hydrogen-bond donors (Lipinski definition) is 1. The van der Waals surface area contributed by atoms with Crippen LogP contribution in [0, 0.1) is 31.6 Å². The number of hydrogen-bond acceptors (Lipinski definition) is 3. The predicted molar refractivity (Wildman–Crippen MR) is 97.2 cm³/mol. The van der Waals surface area contributed by atoms with Crippen LogP contribution in [-0.2, 0) is 16.1 Å². The zero-order valence-electron chi connectivity index (χ0n) is 15.8. The van der Waals surface area contributed by atoms with Gasteiger partial charge in [-0.15, -0.1) is 0 Å². The van der Waals surface area contributed by atoms with E-state index < -0.39 is 0 Å². The van der Waals surface area contributed by atoms with Crippen LogP contribution in [0.15, 0.2) is 6.07 Å². The van der Waals surface area contributed by atoms with Gasteiger partial charge in [0.1, 0.15) is 0 Å². The van der Waals surface area contributed by atoms with E-state index in [4.69, 9.17) is 4.74 Å². The molecular formula is C20H31N3O2. The number of H-pyrrole nitrogens is 1. The first-order valence-corrected chi connectivity index (χ1v) is 9.75. The Morgan fingerprint density at radius 1 is 1.40 bits per heavy atom. The molecular weight excluding hydrogens is 314 g/mol. The van der Waals surface area contributed by atoms with Gasteiger partial charge in [-0.2, -0.15) is 0 Å². The standard InChI is InChI=1S/C20H31N3O2/c1-13-8-16(14(2)21-13)10-23(12-17-11-22(3)6-7-25-17)20(24)19-9-18(19)15-4-5-15/h8,15,17-19,21H,4-7,9-12H2,1-3H3/t17-,18+,19+/m0/s1.